The standard InChI is InChI=1S/C12H14F2N2/c13-10-2-1-9(11(14)3-10)4-16-7-12(8-16)5-15-6-12/h1-3,15H,4-8H2. The van der Waals surface area contributed by atoms with Crippen LogP contribution in [0.4, 0.5) is 8.78 Å². The lowest BCUT2D eigenvalue weighted by molar-refractivity contribution is -0.0449. The van der Waals surface area contributed by atoms with E-state index in [2.05, 4.69) is 10.2 Å². The van der Waals surface area contributed by atoms with E-state index < -0.39 is 11.6 Å². The fourth-order valence-corrected chi connectivity index (χ4v) is 2.61. The Hall–Kier alpha value is -1.00. The molecule has 1 N–H and O–H groups in total. The summed E-state index contributed by atoms with van der Waals surface area (Å²) in [5, 5.41) is 3.26. The Kier molecular flexibility index (Phi) is 2.23. The third kappa shape index (κ3) is 1.62. The van der Waals surface area contributed by atoms with Gasteiger partial charge in [-0.15, -0.1) is 0 Å². The minimum atomic E-state index is -0.510. The van der Waals surface area contributed by atoms with Crippen molar-refractivity contribution in [1.29, 1.82) is 0 Å². The molecule has 2 heterocycles. The molecule has 0 bridgehead atoms. The number of nitrogens with one attached hydrogen (secondary N) is 1. The van der Waals surface area contributed by atoms with Crippen LogP contribution >= 0.6 is 0 Å². The molecule has 2 aliphatic heterocycles. The molecular weight excluding hydrogens is 210 g/mol. The van der Waals surface area contributed by atoms with E-state index in [0.29, 0.717) is 17.5 Å². The average molecular weight is 224 g/mol. The topological polar surface area (TPSA) is 15.3 Å². The zero-order chi connectivity index (χ0) is 11.2. The highest BCUT2D eigenvalue weighted by Gasteiger charge is 2.47. The normalized spacial score (nSPS) is 22.9. The number of likely N-dealkylation sites (tertiary alicyclic amines) is 1. The fraction of sp³-hybridized carbons (Fsp3) is 0.500. The van der Waals surface area contributed by atoms with Gasteiger partial charge >= 0.3 is 0 Å². The molecule has 0 aromatic heterocycles. The van der Waals surface area contributed by atoms with Crippen molar-refractivity contribution >= 4 is 0 Å². The summed E-state index contributed by atoms with van der Waals surface area (Å²) in [7, 11) is 0. The Morgan fingerprint density at radius 3 is 2.56 bits per heavy atom. The maximum Gasteiger partial charge on any atom is 0.130 e. The van der Waals surface area contributed by atoms with E-state index in [1.54, 1.807) is 0 Å². The zero-order valence-corrected chi connectivity index (χ0v) is 8.97. The predicted molar refractivity (Wildman–Crippen MR) is 56.9 cm³/mol. The van der Waals surface area contributed by atoms with Crippen LogP contribution in [0.5, 0.6) is 0 Å². The van der Waals surface area contributed by atoms with Crippen molar-refractivity contribution in [2.75, 3.05) is 26.2 Å². The van der Waals surface area contributed by atoms with Crippen molar-refractivity contribution in [1.82, 2.24) is 10.2 Å². The van der Waals surface area contributed by atoms with Crippen LogP contribution in [-0.4, -0.2) is 31.1 Å². The molecule has 0 atom stereocenters. The molecule has 4 heteroatoms. The van der Waals surface area contributed by atoms with E-state index >= 15 is 0 Å². The Bertz CT molecular complexity index is 407. The summed E-state index contributed by atoms with van der Waals surface area (Å²) in [6.07, 6.45) is 0. The summed E-state index contributed by atoms with van der Waals surface area (Å²) in [6, 6.07) is 3.81. The molecule has 0 saturated carbocycles. The van der Waals surface area contributed by atoms with Crippen LogP contribution in [0.25, 0.3) is 0 Å². The summed E-state index contributed by atoms with van der Waals surface area (Å²) in [6.45, 7) is 4.80. The first kappa shape index (κ1) is 10.2. The first-order valence-electron chi connectivity index (χ1n) is 5.54. The van der Waals surface area contributed by atoms with Crippen LogP contribution in [0, 0.1) is 17.0 Å². The lowest BCUT2D eigenvalue weighted by Crippen LogP contribution is -2.70. The van der Waals surface area contributed by atoms with Gasteiger partial charge in [0.15, 0.2) is 0 Å². The van der Waals surface area contributed by atoms with E-state index in [0.717, 1.165) is 32.2 Å². The van der Waals surface area contributed by atoms with Crippen LogP contribution < -0.4 is 5.32 Å². The van der Waals surface area contributed by atoms with Gasteiger partial charge in [-0.25, -0.2) is 8.78 Å². The third-order valence-corrected chi connectivity index (χ3v) is 3.53. The molecule has 86 valence electrons. The van der Waals surface area contributed by atoms with Crippen LogP contribution in [0.15, 0.2) is 18.2 Å². The van der Waals surface area contributed by atoms with E-state index in [1.165, 1.54) is 12.1 Å². The summed E-state index contributed by atoms with van der Waals surface area (Å²) in [5.41, 5.74) is 1.04. The Labute approximate surface area is 93.3 Å². The molecule has 2 fully saturated rings. The third-order valence-electron chi connectivity index (χ3n) is 3.53. The Morgan fingerprint density at radius 2 is 2.00 bits per heavy atom. The van der Waals surface area contributed by atoms with Crippen molar-refractivity contribution in [3.8, 4) is 0 Å². The molecular formula is C12H14F2N2. The van der Waals surface area contributed by atoms with E-state index in [-0.39, 0.29) is 0 Å². The quantitative estimate of drug-likeness (QED) is 0.816. The molecule has 0 amide bonds. The van der Waals surface area contributed by atoms with E-state index in [4.69, 9.17) is 0 Å². The molecule has 2 aliphatic rings. The predicted octanol–water partition coefficient (Wildman–Crippen LogP) is 1.37. The summed E-state index contributed by atoms with van der Waals surface area (Å²) in [4.78, 5) is 2.21. The number of hydrogen-bond acceptors (Lipinski definition) is 2. The van der Waals surface area contributed by atoms with Gasteiger partial charge in [-0.2, -0.15) is 0 Å². The zero-order valence-electron chi connectivity index (χ0n) is 8.97. The van der Waals surface area contributed by atoms with Crippen molar-refractivity contribution in [3.63, 3.8) is 0 Å². The number of hydrogen-bond donors (Lipinski definition) is 1. The second kappa shape index (κ2) is 3.50. The fourth-order valence-electron chi connectivity index (χ4n) is 2.61. The van der Waals surface area contributed by atoms with Crippen LogP contribution in [0.3, 0.4) is 0 Å². The van der Waals surface area contributed by atoms with Gasteiger partial charge < -0.3 is 5.32 Å². The largest absolute Gasteiger partial charge is 0.315 e. The highest BCUT2D eigenvalue weighted by molar-refractivity contribution is 5.19. The minimum Gasteiger partial charge on any atom is -0.315 e. The minimum absolute atomic E-state index is 0.437. The first-order valence-corrected chi connectivity index (χ1v) is 5.54. The van der Waals surface area contributed by atoms with Gasteiger partial charge in [-0.05, 0) is 6.07 Å². The van der Waals surface area contributed by atoms with Crippen LogP contribution in [0.1, 0.15) is 5.56 Å². The Balaban J connectivity index is 1.62. The highest BCUT2D eigenvalue weighted by Crippen LogP contribution is 2.35. The lowest BCUT2D eigenvalue weighted by Gasteiger charge is -2.56. The molecule has 1 aromatic rings. The maximum atomic E-state index is 13.4. The second-order valence-electron chi connectivity index (χ2n) is 4.98. The average Bonchev–Trinajstić information content (AvgIpc) is 2.10. The van der Waals surface area contributed by atoms with Gasteiger partial charge in [0.2, 0.25) is 0 Å². The molecule has 2 saturated heterocycles. The van der Waals surface area contributed by atoms with Crippen LogP contribution in [-0.2, 0) is 6.54 Å². The summed E-state index contributed by atoms with van der Waals surface area (Å²) < 4.78 is 26.1. The number of nitrogens with zero attached hydrogens (tertiary/aromatic N) is 1. The van der Waals surface area contributed by atoms with E-state index in [9.17, 15) is 8.78 Å². The molecule has 0 unspecified atom stereocenters. The van der Waals surface area contributed by atoms with Gasteiger partial charge in [-0.3, -0.25) is 4.90 Å². The lowest BCUT2D eigenvalue weighted by atomic mass is 9.74. The molecule has 0 aliphatic carbocycles. The highest BCUT2D eigenvalue weighted by atomic mass is 19.1. The smallest absolute Gasteiger partial charge is 0.130 e. The maximum absolute atomic E-state index is 13.4. The molecule has 0 radical (unpaired) electrons. The van der Waals surface area contributed by atoms with Crippen molar-refractivity contribution in [2.24, 2.45) is 5.41 Å². The molecule has 2 nitrogen and oxygen atoms in total. The summed E-state index contributed by atoms with van der Waals surface area (Å²) >= 11 is 0. The van der Waals surface area contributed by atoms with Crippen molar-refractivity contribution in [3.05, 3.63) is 35.4 Å². The summed E-state index contributed by atoms with van der Waals surface area (Å²) in [5.74, 6) is -0.947. The number of rotatable bonds is 2. The van der Waals surface area contributed by atoms with Gasteiger partial charge in [0.25, 0.3) is 0 Å². The van der Waals surface area contributed by atoms with Crippen molar-refractivity contribution < 1.29 is 8.78 Å². The van der Waals surface area contributed by atoms with Gasteiger partial charge in [-0.1, -0.05) is 6.07 Å². The SMILES string of the molecule is Fc1ccc(CN2CC3(CNC3)C2)c(F)c1. The molecule has 1 spiro atoms. The number of halogens is 2. The monoisotopic (exact) mass is 224 g/mol. The second-order valence-corrected chi connectivity index (χ2v) is 4.98. The molecule has 1 aromatic carbocycles. The Morgan fingerprint density at radius 1 is 1.25 bits per heavy atom. The van der Waals surface area contributed by atoms with Gasteiger partial charge in [0.1, 0.15) is 11.6 Å². The van der Waals surface area contributed by atoms with Crippen LogP contribution in [0.2, 0.25) is 0 Å². The molecule has 3 rings (SSSR count). The van der Waals surface area contributed by atoms with Crippen molar-refractivity contribution in [2.45, 2.75) is 6.54 Å². The van der Waals surface area contributed by atoms with Gasteiger partial charge in [0, 0.05) is 49.8 Å². The first-order chi connectivity index (χ1) is 7.67. The van der Waals surface area contributed by atoms with Gasteiger partial charge in [0.05, 0.1) is 0 Å². The number of benzene rings is 1. The molecule has 16 heavy (non-hydrogen) atoms. The van der Waals surface area contributed by atoms with E-state index in [1.807, 2.05) is 0 Å².